The van der Waals surface area contributed by atoms with E-state index in [0.29, 0.717) is 11.5 Å². The van der Waals surface area contributed by atoms with E-state index in [0.717, 1.165) is 15.4 Å². The zero-order valence-electron chi connectivity index (χ0n) is 8.97. The Morgan fingerprint density at radius 1 is 1.44 bits per heavy atom. The number of hydrogen-bond acceptors (Lipinski definition) is 1. The number of aromatic nitrogens is 1. The molecule has 2 aromatic rings. The lowest BCUT2D eigenvalue weighted by molar-refractivity contribution is 0.108. The van der Waals surface area contributed by atoms with E-state index in [9.17, 15) is 4.79 Å². The fraction of sp³-hybridized carbons (Fsp3) is 0.250. The Morgan fingerprint density at radius 3 is 2.69 bits per heavy atom. The van der Waals surface area contributed by atoms with Crippen LogP contribution in [0.1, 0.15) is 35.7 Å². The quantitative estimate of drug-likeness (QED) is 0.818. The highest BCUT2D eigenvalue weighted by atomic mass is 79.9. The molecular formula is C12H11BrClNO. The molecule has 0 aliphatic carbocycles. The maximum Gasteiger partial charge on any atom is 0.254 e. The van der Waals surface area contributed by atoms with E-state index in [4.69, 9.17) is 11.6 Å². The first-order valence-electron chi connectivity index (χ1n) is 5.01. The van der Waals surface area contributed by atoms with Gasteiger partial charge in [-0.2, -0.15) is 0 Å². The predicted molar refractivity (Wildman–Crippen MR) is 70.3 cm³/mol. The van der Waals surface area contributed by atoms with Crippen LogP contribution in [-0.4, -0.2) is 10.2 Å². The zero-order valence-corrected chi connectivity index (χ0v) is 11.3. The van der Waals surface area contributed by atoms with Crippen LogP contribution in [-0.2, 0) is 0 Å². The lowest BCUT2D eigenvalue weighted by atomic mass is 10.00. The molecule has 0 saturated heterocycles. The number of halogens is 2. The molecule has 0 amide bonds. The number of hydrogen-bond donors (Lipinski definition) is 1. The van der Waals surface area contributed by atoms with Crippen LogP contribution in [0.15, 0.2) is 22.8 Å². The number of fused-ring (bicyclic) bond motifs is 1. The van der Waals surface area contributed by atoms with E-state index in [1.54, 1.807) is 6.20 Å². The third kappa shape index (κ3) is 1.89. The fourth-order valence-electron chi connectivity index (χ4n) is 1.84. The second-order valence-electron chi connectivity index (χ2n) is 4.05. The summed E-state index contributed by atoms with van der Waals surface area (Å²) in [7, 11) is 0. The molecule has 0 atom stereocenters. The van der Waals surface area contributed by atoms with Gasteiger partial charge in [-0.3, -0.25) is 4.79 Å². The average Bonchev–Trinajstić information content (AvgIpc) is 2.59. The van der Waals surface area contributed by atoms with Crippen molar-refractivity contribution >= 4 is 43.7 Å². The average molecular weight is 301 g/mol. The van der Waals surface area contributed by atoms with Crippen molar-refractivity contribution in [2.24, 2.45) is 0 Å². The number of carbonyl (C=O) groups is 1. The summed E-state index contributed by atoms with van der Waals surface area (Å²) in [6, 6.07) is 3.97. The smallest absolute Gasteiger partial charge is 0.254 e. The zero-order chi connectivity index (χ0) is 11.9. The van der Waals surface area contributed by atoms with Gasteiger partial charge in [-0.25, -0.2) is 0 Å². The second-order valence-corrected chi connectivity index (χ2v) is 5.31. The van der Waals surface area contributed by atoms with E-state index in [2.05, 4.69) is 40.8 Å². The van der Waals surface area contributed by atoms with Crippen molar-refractivity contribution in [1.29, 1.82) is 0 Å². The standard InChI is InChI=1S/C12H11BrClNO/c1-6(2)8-3-7(13)4-9-10(12(14)16)5-15-11(8)9/h3-6,15H,1-2H3. The van der Waals surface area contributed by atoms with Crippen LogP contribution in [0, 0.1) is 0 Å². The first-order chi connectivity index (χ1) is 7.50. The van der Waals surface area contributed by atoms with Crippen molar-refractivity contribution < 1.29 is 4.79 Å². The minimum Gasteiger partial charge on any atom is -0.360 e. The monoisotopic (exact) mass is 299 g/mol. The number of benzene rings is 1. The molecule has 0 bridgehead atoms. The molecule has 0 saturated carbocycles. The van der Waals surface area contributed by atoms with Crippen LogP contribution in [0.2, 0.25) is 0 Å². The predicted octanol–water partition coefficient (Wildman–Crippen LogP) is 4.43. The van der Waals surface area contributed by atoms with Crippen LogP contribution >= 0.6 is 27.5 Å². The largest absolute Gasteiger partial charge is 0.360 e. The summed E-state index contributed by atoms with van der Waals surface area (Å²) in [6.07, 6.45) is 1.66. The summed E-state index contributed by atoms with van der Waals surface area (Å²) in [5.41, 5.74) is 2.69. The van der Waals surface area contributed by atoms with E-state index in [-0.39, 0.29) is 0 Å². The molecule has 0 radical (unpaired) electrons. The molecule has 1 heterocycles. The molecule has 0 unspecified atom stereocenters. The molecule has 2 nitrogen and oxygen atoms in total. The molecule has 0 aliphatic heterocycles. The third-order valence-electron chi connectivity index (χ3n) is 2.62. The summed E-state index contributed by atoms with van der Waals surface area (Å²) in [6.45, 7) is 4.23. The molecular weight excluding hydrogens is 289 g/mol. The van der Waals surface area contributed by atoms with Gasteiger partial charge in [0.05, 0.1) is 5.56 Å². The number of aromatic amines is 1. The van der Waals surface area contributed by atoms with E-state index in [1.807, 2.05) is 6.07 Å². The molecule has 16 heavy (non-hydrogen) atoms. The van der Waals surface area contributed by atoms with Gasteiger partial charge in [0, 0.05) is 21.6 Å². The van der Waals surface area contributed by atoms with Crippen molar-refractivity contribution in [3.05, 3.63) is 33.9 Å². The van der Waals surface area contributed by atoms with Gasteiger partial charge in [-0.1, -0.05) is 29.8 Å². The van der Waals surface area contributed by atoms with Crippen molar-refractivity contribution in [3.8, 4) is 0 Å². The van der Waals surface area contributed by atoms with E-state index < -0.39 is 5.24 Å². The summed E-state index contributed by atoms with van der Waals surface area (Å²) in [5.74, 6) is 0.386. The first-order valence-corrected chi connectivity index (χ1v) is 6.18. The first kappa shape index (κ1) is 11.7. The Labute approximate surface area is 107 Å². The van der Waals surface area contributed by atoms with Crippen molar-refractivity contribution in [2.75, 3.05) is 0 Å². The minimum atomic E-state index is -0.431. The SMILES string of the molecule is CC(C)c1cc(Br)cc2c(C(=O)Cl)c[nH]c12. The Bertz CT molecular complexity index is 559. The number of H-pyrrole nitrogens is 1. The van der Waals surface area contributed by atoms with Gasteiger partial charge in [0.25, 0.3) is 5.24 Å². The Balaban J connectivity index is 2.80. The van der Waals surface area contributed by atoms with Crippen LogP contribution in [0.5, 0.6) is 0 Å². The fourth-order valence-corrected chi connectivity index (χ4v) is 2.47. The number of nitrogens with one attached hydrogen (secondary N) is 1. The topological polar surface area (TPSA) is 32.9 Å². The molecule has 4 heteroatoms. The maximum atomic E-state index is 11.2. The molecule has 2 rings (SSSR count). The van der Waals surface area contributed by atoms with Gasteiger partial charge < -0.3 is 4.98 Å². The van der Waals surface area contributed by atoms with Gasteiger partial charge in [0.1, 0.15) is 0 Å². The normalized spacial score (nSPS) is 11.3. The van der Waals surface area contributed by atoms with Crippen molar-refractivity contribution in [3.63, 3.8) is 0 Å². The number of carbonyl (C=O) groups excluding carboxylic acids is 1. The van der Waals surface area contributed by atoms with Gasteiger partial charge in [0.2, 0.25) is 0 Å². The van der Waals surface area contributed by atoms with Crippen LogP contribution in [0.4, 0.5) is 0 Å². The van der Waals surface area contributed by atoms with Gasteiger partial charge in [-0.05, 0) is 35.2 Å². The molecule has 0 aliphatic rings. The van der Waals surface area contributed by atoms with Crippen LogP contribution < -0.4 is 0 Å². The molecule has 84 valence electrons. The van der Waals surface area contributed by atoms with Crippen LogP contribution in [0.25, 0.3) is 10.9 Å². The lowest BCUT2D eigenvalue weighted by Crippen LogP contribution is -1.91. The lowest BCUT2D eigenvalue weighted by Gasteiger charge is -2.08. The highest BCUT2D eigenvalue weighted by Crippen LogP contribution is 2.31. The molecule has 1 aromatic heterocycles. The summed E-state index contributed by atoms with van der Waals surface area (Å²) < 4.78 is 0.961. The van der Waals surface area contributed by atoms with Gasteiger partial charge in [0.15, 0.2) is 0 Å². The summed E-state index contributed by atoms with van der Waals surface area (Å²) in [4.78, 5) is 14.4. The van der Waals surface area contributed by atoms with Crippen LogP contribution in [0.3, 0.4) is 0 Å². The number of rotatable bonds is 2. The Morgan fingerprint density at radius 2 is 2.12 bits per heavy atom. The minimum absolute atomic E-state index is 0.386. The molecule has 0 spiro atoms. The Kier molecular flexibility index (Phi) is 3.08. The Hall–Kier alpha value is -0.800. The third-order valence-corrected chi connectivity index (χ3v) is 3.28. The maximum absolute atomic E-state index is 11.2. The molecule has 1 N–H and O–H groups in total. The van der Waals surface area contributed by atoms with Crippen molar-refractivity contribution in [2.45, 2.75) is 19.8 Å². The van der Waals surface area contributed by atoms with Crippen molar-refractivity contribution in [1.82, 2.24) is 4.98 Å². The highest BCUT2D eigenvalue weighted by Gasteiger charge is 2.14. The molecule has 0 fully saturated rings. The van der Waals surface area contributed by atoms with E-state index >= 15 is 0 Å². The highest BCUT2D eigenvalue weighted by molar-refractivity contribution is 9.10. The molecule has 1 aromatic carbocycles. The second kappa shape index (κ2) is 4.22. The van der Waals surface area contributed by atoms with Gasteiger partial charge >= 0.3 is 0 Å². The summed E-state index contributed by atoms with van der Waals surface area (Å²) >= 11 is 8.98. The van der Waals surface area contributed by atoms with E-state index in [1.165, 1.54) is 5.56 Å². The summed E-state index contributed by atoms with van der Waals surface area (Å²) in [5, 5.41) is 0.442. The van der Waals surface area contributed by atoms with Gasteiger partial charge in [-0.15, -0.1) is 0 Å².